The van der Waals surface area contributed by atoms with Crippen LogP contribution in [-0.2, 0) is 14.8 Å². The van der Waals surface area contributed by atoms with Gasteiger partial charge in [-0.2, -0.15) is 4.98 Å². The van der Waals surface area contributed by atoms with E-state index in [1.54, 1.807) is 6.07 Å². The molecule has 2 aliphatic rings. The standard InChI is InChI=1S/C35H45N5O6S/c1-22(2)13-27(40(5)28-18-35(19-28)16-26(17-35)36-34(42)45-6)21-46-31-15-30(32-23(3)9-7-10-24(32)4)37-33(38-31)39-47(43,44)29-12-8-11-25(14-29)20-41/h7-12,14-15,20,22,26-28H,13,16-19,21H2,1-6H3,(H,36,42)(H,37,38,39)/t26?,27-,28?,35?/m1/s1. The van der Waals surface area contributed by atoms with Crippen LogP contribution in [0.15, 0.2) is 53.4 Å². The van der Waals surface area contributed by atoms with E-state index in [0.717, 1.165) is 48.8 Å². The number of anilines is 1. The topological polar surface area (TPSA) is 140 Å². The van der Waals surface area contributed by atoms with Gasteiger partial charge in [-0.25, -0.2) is 22.9 Å². The average Bonchev–Trinajstić information content (AvgIpc) is 2.98. The van der Waals surface area contributed by atoms with Gasteiger partial charge in [0.05, 0.1) is 17.7 Å². The van der Waals surface area contributed by atoms with Gasteiger partial charge >= 0.3 is 6.09 Å². The summed E-state index contributed by atoms with van der Waals surface area (Å²) in [7, 11) is -0.568. The summed E-state index contributed by atoms with van der Waals surface area (Å²) in [6.07, 6.45) is 5.21. The highest BCUT2D eigenvalue weighted by atomic mass is 32.2. The van der Waals surface area contributed by atoms with Crippen LogP contribution in [0.25, 0.3) is 11.3 Å². The number of carbonyl (C=O) groups is 2. The van der Waals surface area contributed by atoms with Crippen LogP contribution in [0.5, 0.6) is 5.88 Å². The van der Waals surface area contributed by atoms with Gasteiger partial charge in [0.2, 0.25) is 11.8 Å². The van der Waals surface area contributed by atoms with E-state index in [2.05, 4.69) is 45.8 Å². The molecular weight excluding hydrogens is 618 g/mol. The molecule has 1 spiro atoms. The maximum absolute atomic E-state index is 13.3. The first-order valence-corrected chi connectivity index (χ1v) is 17.5. The highest BCUT2D eigenvalue weighted by Gasteiger charge is 2.54. The van der Waals surface area contributed by atoms with Crippen molar-refractivity contribution >= 4 is 28.4 Å². The number of ether oxygens (including phenoxy) is 2. The van der Waals surface area contributed by atoms with Crippen LogP contribution in [0.4, 0.5) is 10.7 Å². The van der Waals surface area contributed by atoms with E-state index in [1.165, 1.54) is 31.4 Å². The van der Waals surface area contributed by atoms with Crippen LogP contribution < -0.4 is 14.8 Å². The molecule has 0 saturated heterocycles. The Morgan fingerprint density at radius 1 is 1.06 bits per heavy atom. The van der Waals surface area contributed by atoms with Crippen LogP contribution in [-0.4, -0.2) is 74.6 Å². The van der Waals surface area contributed by atoms with E-state index in [-0.39, 0.29) is 45.9 Å². The molecule has 1 aromatic heterocycles. The minimum Gasteiger partial charge on any atom is -0.476 e. The molecule has 1 heterocycles. The third-order valence-corrected chi connectivity index (χ3v) is 10.8. The van der Waals surface area contributed by atoms with Crippen molar-refractivity contribution in [1.29, 1.82) is 0 Å². The Morgan fingerprint density at radius 3 is 2.38 bits per heavy atom. The van der Waals surface area contributed by atoms with E-state index in [9.17, 15) is 18.0 Å². The molecule has 2 aliphatic carbocycles. The molecule has 5 rings (SSSR count). The number of aldehydes is 1. The molecule has 0 bridgehead atoms. The van der Waals surface area contributed by atoms with Crippen LogP contribution in [0.1, 0.15) is 67.4 Å². The van der Waals surface area contributed by atoms with Gasteiger partial charge in [-0.3, -0.25) is 9.69 Å². The van der Waals surface area contributed by atoms with Crippen molar-refractivity contribution in [3.63, 3.8) is 0 Å². The van der Waals surface area contributed by atoms with Gasteiger partial charge in [0.15, 0.2) is 0 Å². The Balaban J connectivity index is 1.35. The molecule has 1 amide bonds. The number of likely N-dealkylation sites (N-methyl/N-ethyl adjacent to an activating group) is 1. The van der Waals surface area contributed by atoms with Gasteiger partial charge in [-0.05, 0) is 87.6 Å². The second-order valence-electron chi connectivity index (χ2n) is 13.5. The van der Waals surface area contributed by atoms with Gasteiger partial charge < -0.3 is 14.8 Å². The Morgan fingerprint density at radius 2 is 1.74 bits per heavy atom. The first kappa shape index (κ1) is 34.3. The molecule has 47 heavy (non-hydrogen) atoms. The summed E-state index contributed by atoms with van der Waals surface area (Å²) in [4.78, 5) is 34.3. The van der Waals surface area contributed by atoms with Gasteiger partial charge in [-0.15, -0.1) is 0 Å². The van der Waals surface area contributed by atoms with Crippen LogP contribution in [0.3, 0.4) is 0 Å². The zero-order chi connectivity index (χ0) is 33.9. The minimum absolute atomic E-state index is 0.0682. The van der Waals surface area contributed by atoms with Crippen LogP contribution >= 0.6 is 0 Å². The molecule has 0 radical (unpaired) electrons. The fraction of sp³-hybridized carbons (Fsp3) is 0.486. The largest absolute Gasteiger partial charge is 0.476 e. The maximum Gasteiger partial charge on any atom is 0.407 e. The van der Waals surface area contributed by atoms with E-state index < -0.39 is 10.0 Å². The highest BCUT2D eigenvalue weighted by Crippen LogP contribution is 2.57. The summed E-state index contributed by atoms with van der Waals surface area (Å²) in [5.41, 5.74) is 3.91. The highest BCUT2D eigenvalue weighted by molar-refractivity contribution is 7.92. The quantitative estimate of drug-likeness (QED) is 0.218. The Kier molecular flexibility index (Phi) is 10.2. The summed E-state index contributed by atoms with van der Waals surface area (Å²) >= 11 is 0. The molecule has 12 heteroatoms. The molecule has 0 aliphatic heterocycles. The van der Waals surface area contributed by atoms with Crippen molar-refractivity contribution in [2.75, 3.05) is 25.5 Å². The Hall–Kier alpha value is -4.03. The Bertz CT molecular complexity index is 1690. The molecule has 252 valence electrons. The maximum atomic E-state index is 13.3. The SMILES string of the molecule is COC(=O)NC1CC2(C1)CC(N(C)[C@@H](COc1cc(-c3c(C)cccc3C)nc(NS(=O)(=O)c3cccc(C=O)c3)n1)CC(C)C)C2. The Labute approximate surface area is 277 Å². The second-order valence-corrected chi connectivity index (χ2v) is 15.2. The number of aryl methyl sites for hydroxylation is 2. The van der Waals surface area contributed by atoms with Crippen molar-refractivity contribution in [1.82, 2.24) is 20.2 Å². The van der Waals surface area contributed by atoms with E-state index in [0.29, 0.717) is 30.5 Å². The van der Waals surface area contributed by atoms with Crippen LogP contribution in [0, 0.1) is 25.2 Å². The number of alkyl carbamates (subject to hydrolysis) is 1. The van der Waals surface area contributed by atoms with Crippen molar-refractivity contribution in [3.05, 3.63) is 65.2 Å². The lowest BCUT2D eigenvalue weighted by molar-refractivity contribution is -0.0811. The molecule has 0 unspecified atom stereocenters. The number of carbonyl (C=O) groups excluding carboxylic acids is 2. The van der Waals surface area contributed by atoms with Gasteiger partial charge in [0.1, 0.15) is 12.9 Å². The number of amides is 1. The number of hydrogen-bond acceptors (Lipinski definition) is 9. The van der Waals surface area contributed by atoms with Crippen molar-refractivity contribution in [3.8, 4) is 17.1 Å². The number of methoxy groups -OCH3 is 1. The number of hydrogen-bond donors (Lipinski definition) is 2. The molecular formula is C35H45N5O6S. The number of nitrogens with zero attached hydrogens (tertiary/aromatic N) is 3. The zero-order valence-corrected chi connectivity index (χ0v) is 28.8. The fourth-order valence-electron chi connectivity index (χ4n) is 7.08. The van der Waals surface area contributed by atoms with Crippen molar-refractivity contribution in [2.24, 2.45) is 11.3 Å². The lowest BCUT2D eigenvalue weighted by Crippen LogP contribution is -2.62. The normalized spacial score (nSPS) is 21.1. The van der Waals surface area contributed by atoms with Crippen molar-refractivity contribution < 1.29 is 27.5 Å². The summed E-state index contributed by atoms with van der Waals surface area (Å²) in [5.74, 6) is 0.573. The molecule has 3 aromatic rings. The molecule has 2 saturated carbocycles. The number of benzene rings is 2. The third kappa shape index (κ3) is 7.93. The summed E-state index contributed by atoms with van der Waals surface area (Å²) in [6, 6.07) is 14.1. The number of sulfonamides is 1. The fourth-order valence-corrected chi connectivity index (χ4v) is 8.07. The number of rotatable bonds is 13. The van der Waals surface area contributed by atoms with Crippen LogP contribution in [0.2, 0.25) is 0 Å². The monoisotopic (exact) mass is 663 g/mol. The molecule has 2 N–H and O–H groups in total. The summed E-state index contributed by atoms with van der Waals surface area (Å²) in [6.45, 7) is 8.70. The zero-order valence-electron chi connectivity index (χ0n) is 27.9. The predicted molar refractivity (Wildman–Crippen MR) is 180 cm³/mol. The number of nitrogens with one attached hydrogen (secondary N) is 2. The molecule has 2 fully saturated rings. The van der Waals surface area contributed by atoms with E-state index >= 15 is 0 Å². The third-order valence-electron chi connectivity index (χ3n) is 9.49. The smallest absolute Gasteiger partial charge is 0.407 e. The predicted octanol–water partition coefficient (Wildman–Crippen LogP) is 5.77. The molecule has 2 aromatic carbocycles. The lowest BCUT2D eigenvalue weighted by Gasteiger charge is -2.60. The van der Waals surface area contributed by atoms with Gasteiger partial charge in [-0.1, -0.05) is 44.2 Å². The minimum atomic E-state index is -4.10. The van der Waals surface area contributed by atoms with E-state index in [4.69, 9.17) is 9.47 Å². The second kappa shape index (κ2) is 14.0. The first-order chi connectivity index (χ1) is 22.3. The molecule has 1 atom stereocenters. The van der Waals surface area contributed by atoms with Gasteiger partial charge in [0, 0.05) is 35.3 Å². The van der Waals surface area contributed by atoms with Crippen molar-refractivity contribution in [2.45, 2.75) is 82.8 Å². The number of aromatic nitrogens is 2. The summed E-state index contributed by atoms with van der Waals surface area (Å²) in [5, 5.41) is 2.91. The molecule has 11 nitrogen and oxygen atoms in total. The summed E-state index contributed by atoms with van der Waals surface area (Å²) < 4.78 is 40.3. The first-order valence-electron chi connectivity index (χ1n) is 16.0. The van der Waals surface area contributed by atoms with E-state index in [1.807, 2.05) is 32.0 Å². The average molecular weight is 664 g/mol. The lowest BCUT2D eigenvalue weighted by atomic mass is 9.51. The van der Waals surface area contributed by atoms with Gasteiger partial charge in [0.25, 0.3) is 10.0 Å².